The maximum Gasteiger partial charge on any atom is -0.00146 e. The van der Waals surface area contributed by atoms with E-state index < -0.39 is 0 Å². The summed E-state index contributed by atoms with van der Waals surface area (Å²) in [5.41, 5.74) is 1.50. The minimum atomic E-state index is 0.822. The van der Waals surface area contributed by atoms with Crippen LogP contribution in [0.3, 0.4) is 0 Å². The predicted molar refractivity (Wildman–Crippen MR) is 78.7 cm³/mol. The second-order valence-corrected chi connectivity index (χ2v) is 5.87. The molecular weight excluding hydrogens is 218 g/mol. The average Bonchev–Trinajstić information content (AvgIpc) is 2.41. The summed E-state index contributed by atoms with van der Waals surface area (Å²) in [5, 5.41) is 3.58. The standard InChI is InChI=1S/C17H27N/c1-3-7-14(2)17-10-11-18-13-16(17)12-15-8-5-4-6-9-15/h4-6,8-9,14,16-18H,3,7,10-13H2,1-2H3. The van der Waals surface area contributed by atoms with E-state index in [0.717, 1.165) is 17.8 Å². The molecule has 0 saturated carbocycles. The van der Waals surface area contributed by atoms with E-state index in [-0.39, 0.29) is 0 Å². The van der Waals surface area contributed by atoms with Crippen molar-refractivity contribution in [3.8, 4) is 0 Å². The predicted octanol–water partition coefficient (Wildman–Crippen LogP) is 3.89. The Labute approximate surface area is 112 Å². The first kappa shape index (κ1) is 13.6. The number of hydrogen-bond donors (Lipinski definition) is 1. The van der Waals surface area contributed by atoms with E-state index in [9.17, 15) is 0 Å². The molecule has 1 nitrogen and oxygen atoms in total. The lowest BCUT2D eigenvalue weighted by atomic mass is 9.74. The second kappa shape index (κ2) is 6.94. The third-order valence-corrected chi connectivity index (χ3v) is 4.48. The van der Waals surface area contributed by atoms with Crippen LogP contribution < -0.4 is 5.32 Å². The van der Waals surface area contributed by atoms with Gasteiger partial charge in [0.05, 0.1) is 0 Å². The summed E-state index contributed by atoms with van der Waals surface area (Å²) < 4.78 is 0. The maximum atomic E-state index is 3.58. The molecule has 1 fully saturated rings. The van der Waals surface area contributed by atoms with Crippen LogP contribution in [0.4, 0.5) is 0 Å². The molecule has 0 radical (unpaired) electrons. The van der Waals surface area contributed by atoms with E-state index in [4.69, 9.17) is 0 Å². The van der Waals surface area contributed by atoms with Gasteiger partial charge in [0, 0.05) is 0 Å². The van der Waals surface area contributed by atoms with E-state index in [1.54, 1.807) is 0 Å². The Kier molecular flexibility index (Phi) is 5.25. The van der Waals surface area contributed by atoms with Gasteiger partial charge in [-0.2, -0.15) is 0 Å². The first-order valence-corrected chi connectivity index (χ1v) is 7.56. The first-order chi connectivity index (χ1) is 8.81. The van der Waals surface area contributed by atoms with Gasteiger partial charge in [-0.05, 0) is 49.2 Å². The molecule has 1 saturated heterocycles. The fourth-order valence-corrected chi connectivity index (χ4v) is 3.50. The van der Waals surface area contributed by atoms with Crippen molar-refractivity contribution in [1.82, 2.24) is 5.32 Å². The van der Waals surface area contributed by atoms with Crippen LogP contribution in [0, 0.1) is 17.8 Å². The molecule has 1 aliphatic heterocycles. The Morgan fingerprint density at radius 2 is 2.06 bits per heavy atom. The molecule has 3 atom stereocenters. The van der Waals surface area contributed by atoms with Crippen molar-refractivity contribution in [3.63, 3.8) is 0 Å². The average molecular weight is 245 g/mol. The molecular formula is C17H27N. The van der Waals surface area contributed by atoms with Crippen molar-refractivity contribution >= 4 is 0 Å². The Morgan fingerprint density at radius 3 is 2.78 bits per heavy atom. The van der Waals surface area contributed by atoms with E-state index in [1.807, 2.05) is 0 Å². The molecule has 1 heterocycles. The summed E-state index contributed by atoms with van der Waals surface area (Å²) in [6.07, 6.45) is 5.31. The van der Waals surface area contributed by atoms with Crippen molar-refractivity contribution in [2.45, 2.75) is 39.5 Å². The summed E-state index contributed by atoms with van der Waals surface area (Å²) in [4.78, 5) is 0. The highest BCUT2D eigenvalue weighted by Crippen LogP contribution is 2.32. The second-order valence-electron chi connectivity index (χ2n) is 5.87. The smallest absolute Gasteiger partial charge is 0.00146 e. The van der Waals surface area contributed by atoms with Gasteiger partial charge >= 0.3 is 0 Å². The summed E-state index contributed by atoms with van der Waals surface area (Å²) in [6, 6.07) is 11.0. The van der Waals surface area contributed by atoms with Crippen LogP contribution in [0.25, 0.3) is 0 Å². The quantitative estimate of drug-likeness (QED) is 0.830. The van der Waals surface area contributed by atoms with E-state index in [0.29, 0.717) is 0 Å². The molecule has 18 heavy (non-hydrogen) atoms. The van der Waals surface area contributed by atoms with Gasteiger partial charge in [0.15, 0.2) is 0 Å². The Bertz CT molecular complexity index is 333. The first-order valence-electron chi connectivity index (χ1n) is 7.56. The number of hydrogen-bond acceptors (Lipinski definition) is 1. The van der Waals surface area contributed by atoms with E-state index in [2.05, 4.69) is 49.5 Å². The molecule has 1 N–H and O–H groups in total. The zero-order chi connectivity index (χ0) is 12.8. The fraction of sp³-hybridized carbons (Fsp3) is 0.647. The van der Waals surface area contributed by atoms with Crippen molar-refractivity contribution in [1.29, 1.82) is 0 Å². The van der Waals surface area contributed by atoms with Crippen molar-refractivity contribution < 1.29 is 0 Å². The van der Waals surface area contributed by atoms with Crippen LogP contribution in [0.2, 0.25) is 0 Å². The highest BCUT2D eigenvalue weighted by Gasteiger charge is 2.28. The molecule has 0 aromatic heterocycles. The summed E-state index contributed by atoms with van der Waals surface area (Å²) in [5.74, 6) is 2.61. The lowest BCUT2D eigenvalue weighted by Gasteiger charge is -2.36. The molecule has 0 aliphatic carbocycles. The van der Waals surface area contributed by atoms with Crippen LogP contribution in [0.15, 0.2) is 30.3 Å². The number of piperidine rings is 1. The topological polar surface area (TPSA) is 12.0 Å². The minimum absolute atomic E-state index is 0.822. The molecule has 1 aliphatic rings. The van der Waals surface area contributed by atoms with Gasteiger partial charge in [-0.3, -0.25) is 0 Å². The van der Waals surface area contributed by atoms with Crippen molar-refractivity contribution in [3.05, 3.63) is 35.9 Å². The summed E-state index contributed by atoms with van der Waals surface area (Å²) in [7, 11) is 0. The molecule has 1 aromatic rings. The molecule has 0 spiro atoms. The van der Waals surface area contributed by atoms with Crippen molar-refractivity contribution in [2.24, 2.45) is 17.8 Å². The highest BCUT2D eigenvalue weighted by molar-refractivity contribution is 5.15. The Morgan fingerprint density at radius 1 is 1.28 bits per heavy atom. The molecule has 3 unspecified atom stereocenters. The molecule has 1 heteroatoms. The van der Waals surface area contributed by atoms with Crippen molar-refractivity contribution in [2.75, 3.05) is 13.1 Å². The van der Waals surface area contributed by atoms with Gasteiger partial charge in [0.1, 0.15) is 0 Å². The lowest BCUT2D eigenvalue weighted by molar-refractivity contribution is 0.175. The highest BCUT2D eigenvalue weighted by atomic mass is 14.9. The van der Waals surface area contributed by atoms with Crippen LogP contribution >= 0.6 is 0 Å². The molecule has 0 amide bonds. The van der Waals surface area contributed by atoms with Crippen LogP contribution in [0.5, 0.6) is 0 Å². The van der Waals surface area contributed by atoms with E-state index >= 15 is 0 Å². The number of benzene rings is 1. The zero-order valence-corrected chi connectivity index (χ0v) is 11.9. The normalized spacial score (nSPS) is 25.9. The summed E-state index contributed by atoms with van der Waals surface area (Å²) >= 11 is 0. The SMILES string of the molecule is CCCC(C)C1CCNCC1Cc1ccccc1. The molecule has 2 rings (SSSR count). The summed E-state index contributed by atoms with van der Waals surface area (Å²) in [6.45, 7) is 7.18. The zero-order valence-electron chi connectivity index (χ0n) is 11.9. The Hall–Kier alpha value is -0.820. The van der Waals surface area contributed by atoms with Gasteiger partial charge in [0.2, 0.25) is 0 Å². The molecule has 0 bridgehead atoms. The van der Waals surface area contributed by atoms with Gasteiger partial charge in [-0.25, -0.2) is 0 Å². The van der Waals surface area contributed by atoms with Gasteiger partial charge in [-0.1, -0.05) is 57.0 Å². The van der Waals surface area contributed by atoms with E-state index in [1.165, 1.54) is 44.3 Å². The monoisotopic (exact) mass is 245 g/mol. The number of rotatable bonds is 5. The third-order valence-electron chi connectivity index (χ3n) is 4.48. The Balaban J connectivity index is 1.99. The third kappa shape index (κ3) is 3.58. The van der Waals surface area contributed by atoms with Crippen LogP contribution in [-0.4, -0.2) is 13.1 Å². The minimum Gasteiger partial charge on any atom is -0.316 e. The van der Waals surface area contributed by atoms with Gasteiger partial charge in [-0.15, -0.1) is 0 Å². The molecule has 100 valence electrons. The van der Waals surface area contributed by atoms with Gasteiger partial charge < -0.3 is 5.32 Å². The lowest BCUT2D eigenvalue weighted by Crippen LogP contribution is -2.40. The largest absolute Gasteiger partial charge is 0.316 e. The van der Waals surface area contributed by atoms with Crippen LogP contribution in [0.1, 0.15) is 38.7 Å². The maximum absolute atomic E-state index is 3.58. The molecule has 1 aromatic carbocycles. The fourth-order valence-electron chi connectivity index (χ4n) is 3.50. The number of nitrogens with one attached hydrogen (secondary N) is 1. The van der Waals surface area contributed by atoms with Crippen LogP contribution in [-0.2, 0) is 6.42 Å². The van der Waals surface area contributed by atoms with Gasteiger partial charge in [0.25, 0.3) is 0 Å².